The van der Waals surface area contributed by atoms with Crippen molar-refractivity contribution >= 4 is 23.5 Å². The third kappa shape index (κ3) is 3.91. The van der Waals surface area contributed by atoms with Crippen LogP contribution >= 0.6 is 11.8 Å². The van der Waals surface area contributed by atoms with Gasteiger partial charge in [-0.3, -0.25) is 9.59 Å². The predicted molar refractivity (Wildman–Crippen MR) is 88.7 cm³/mol. The molecule has 1 unspecified atom stereocenters. The SMILES string of the molecule is COC(=O)CCN1C=CSC(C2=CC=CC(=O)C2C(C)C)=C1. The molecule has 1 aliphatic heterocycles. The molecule has 0 bridgehead atoms. The molecule has 118 valence electrons. The molecule has 4 nitrogen and oxygen atoms in total. The number of carbonyl (C=O) groups excluding carboxylic acids is 2. The molecule has 0 amide bonds. The van der Waals surface area contributed by atoms with Crippen LogP contribution in [0.1, 0.15) is 20.3 Å². The van der Waals surface area contributed by atoms with Crippen molar-refractivity contribution in [3.8, 4) is 0 Å². The first-order valence-corrected chi connectivity index (χ1v) is 8.21. The standard InChI is InChI=1S/C17H21NO3S/c1-12(2)17-13(5-4-6-14(17)19)15-11-18(9-10-22-15)8-7-16(20)21-3/h4-6,9-12,17H,7-8H2,1-3H3. The maximum Gasteiger partial charge on any atom is 0.307 e. The lowest BCUT2D eigenvalue weighted by Crippen LogP contribution is -2.25. The highest BCUT2D eigenvalue weighted by Gasteiger charge is 2.29. The Kier molecular flexibility index (Phi) is 5.66. The number of hydrogen-bond acceptors (Lipinski definition) is 5. The number of allylic oxidation sites excluding steroid dienone is 4. The maximum atomic E-state index is 12.2. The average Bonchev–Trinajstić information content (AvgIpc) is 2.52. The van der Waals surface area contributed by atoms with Gasteiger partial charge in [-0.2, -0.15) is 0 Å². The highest BCUT2D eigenvalue weighted by atomic mass is 32.2. The lowest BCUT2D eigenvalue weighted by Gasteiger charge is -2.28. The van der Waals surface area contributed by atoms with E-state index in [1.165, 1.54) is 7.11 Å². The number of esters is 1. The van der Waals surface area contributed by atoms with E-state index in [9.17, 15) is 9.59 Å². The molecule has 1 heterocycles. The molecule has 0 N–H and O–H groups in total. The van der Waals surface area contributed by atoms with Crippen molar-refractivity contribution in [2.24, 2.45) is 11.8 Å². The van der Waals surface area contributed by atoms with E-state index in [0.29, 0.717) is 13.0 Å². The molecule has 0 fully saturated rings. The van der Waals surface area contributed by atoms with Crippen LogP contribution in [-0.4, -0.2) is 30.3 Å². The van der Waals surface area contributed by atoms with Crippen molar-refractivity contribution in [3.63, 3.8) is 0 Å². The van der Waals surface area contributed by atoms with Crippen LogP contribution in [0.25, 0.3) is 0 Å². The predicted octanol–water partition coefficient (Wildman–Crippen LogP) is 3.25. The highest BCUT2D eigenvalue weighted by Crippen LogP contribution is 2.38. The van der Waals surface area contributed by atoms with E-state index in [2.05, 4.69) is 18.6 Å². The molecule has 2 aliphatic rings. The van der Waals surface area contributed by atoms with E-state index in [4.69, 9.17) is 0 Å². The Bertz CT molecular complexity index is 572. The number of nitrogens with zero attached hydrogens (tertiary/aromatic N) is 1. The van der Waals surface area contributed by atoms with Crippen LogP contribution < -0.4 is 0 Å². The van der Waals surface area contributed by atoms with Crippen LogP contribution in [0.15, 0.2) is 46.5 Å². The molecular formula is C17H21NO3S. The molecule has 0 radical (unpaired) electrons. The zero-order valence-electron chi connectivity index (χ0n) is 13.1. The zero-order chi connectivity index (χ0) is 16.1. The van der Waals surface area contributed by atoms with Crippen molar-refractivity contribution in [2.75, 3.05) is 13.7 Å². The second-order valence-corrected chi connectivity index (χ2v) is 6.51. The molecular weight excluding hydrogens is 298 g/mol. The Labute approximate surface area is 135 Å². The van der Waals surface area contributed by atoms with Gasteiger partial charge in [-0.1, -0.05) is 37.8 Å². The highest BCUT2D eigenvalue weighted by molar-refractivity contribution is 8.06. The van der Waals surface area contributed by atoms with Gasteiger partial charge in [0.05, 0.1) is 19.4 Å². The Morgan fingerprint density at radius 2 is 2.23 bits per heavy atom. The smallest absolute Gasteiger partial charge is 0.307 e. The lowest BCUT2D eigenvalue weighted by molar-refractivity contribution is -0.140. The fraction of sp³-hybridized carbons (Fsp3) is 0.412. The van der Waals surface area contributed by atoms with Gasteiger partial charge in [0.25, 0.3) is 0 Å². The normalized spacial score (nSPS) is 21.0. The van der Waals surface area contributed by atoms with E-state index >= 15 is 0 Å². The second kappa shape index (κ2) is 7.49. The first-order chi connectivity index (χ1) is 10.5. The quantitative estimate of drug-likeness (QED) is 0.728. The van der Waals surface area contributed by atoms with Gasteiger partial charge in [-0.25, -0.2) is 0 Å². The van der Waals surface area contributed by atoms with Gasteiger partial charge in [0.1, 0.15) is 0 Å². The number of hydrogen-bond donors (Lipinski definition) is 0. The van der Waals surface area contributed by atoms with E-state index in [1.807, 2.05) is 34.9 Å². The van der Waals surface area contributed by atoms with Crippen molar-refractivity contribution in [3.05, 3.63) is 46.5 Å². The molecule has 0 spiro atoms. The summed E-state index contributed by atoms with van der Waals surface area (Å²) in [6.45, 7) is 4.69. The van der Waals surface area contributed by atoms with Crippen LogP contribution in [0.3, 0.4) is 0 Å². The van der Waals surface area contributed by atoms with Crippen molar-refractivity contribution in [1.29, 1.82) is 0 Å². The summed E-state index contributed by atoms with van der Waals surface area (Å²) in [6.07, 6.45) is 9.75. The minimum absolute atomic E-state index is 0.0993. The largest absolute Gasteiger partial charge is 0.469 e. The van der Waals surface area contributed by atoms with Crippen molar-refractivity contribution < 1.29 is 14.3 Å². The summed E-state index contributed by atoms with van der Waals surface area (Å²) >= 11 is 1.60. The summed E-state index contributed by atoms with van der Waals surface area (Å²) in [5.74, 6) is 0.0821. The molecule has 1 aliphatic carbocycles. The monoisotopic (exact) mass is 319 g/mol. The number of ether oxygens (including phenoxy) is 1. The van der Waals surface area contributed by atoms with Crippen molar-refractivity contribution in [2.45, 2.75) is 20.3 Å². The van der Waals surface area contributed by atoms with Gasteiger partial charge in [-0.05, 0) is 23.0 Å². The number of carbonyl (C=O) groups is 2. The Hall–Kier alpha value is -1.75. The fourth-order valence-corrected chi connectivity index (χ4v) is 3.43. The molecule has 0 saturated heterocycles. The van der Waals surface area contributed by atoms with Gasteiger partial charge >= 0.3 is 5.97 Å². The molecule has 22 heavy (non-hydrogen) atoms. The van der Waals surface area contributed by atoms with Gasteiger partial charge in [0.15, 0.2) is 5.78 Å². The summed E-state index contributed by atoms with van der Waals surface area (Å²) < 4.78 is 4.67. The van der Waals surface area contributed by atoms with Gasteiger partial charge < -0.3 is 9.64 Å². The van der Waals surface area contributed by atoms with Gasteiger partial charge in [-0.15, -0.1) is 0 Å². The molecule has 0 aromatic rings. The van der Waals surface area contributed by atoms with Crippen LogP contribution in [0.5, 0.6) is 0 Å². The number of ketones is 1. The van der Waals surface area contributed by atoms with Crippen molar-refractivity contribution in [1.82, 2.24) is 4.90 Å². The summed E-state index contributed by atoms with van der Waals surface area (Å²) in [4.78, 5) is 26.4. The first-order valence-electron chi connectivity index (χ1n) is 7.33. The third-order valence-corrected chi connectivity index (χ3v) is 4.51. The average molecular weight is 319 g/mol. The minimum Gasteiger partial charge on any atom is -0.469 e. The van der Waals surface area contributed by atoms with Crippen LogP contribution in [0.4, 0.5) is 0 Å². The first kappa shape index (κ1) is 16.6. The number of thioether (sulfide) groups is 1. The summed E-state index contributed by atoms with van der Waals surface area (Å²) in [5.41, 5.74) is 1.06. The summed E-state index contributed by atoms with van der Waals surface area (Å²) in [5, 5.41) is 1.98. The molecule has 5 heteroatoms. The summed E-state index contributed by atoms with van der Waals surface area (Å²) in [6, 6.07) is 0. The van der Waals surface area contributed by atoms with E-state index in [1.54, 1.807) is 17.8 Å². The molecule has 2 rings (SSSR count). The lowest BCUT2D eigenvalue weighted by atomic mass is 9.81. The number of rotatable bonds is 5. The van der Waals surface area contributed by atoms with Gasteiger partial charge in [0, 0.05) is 23.8 Å². The molecule has 1 atom stereocenters. The fourth-order valence-electron chi connectivity index (χ4n) is 2.54. The molecule has 0 aromatic heterocycles. The Balaban J connectivity index is 2.15. The van der Waals surface area contributed by atoms with Crippen LogP contribution in [0, 0.1) is 11.8 Å². The molecule has 0 aromatic carbocycles. The topological polar surface area (TPSA) is 46.6 Å². The van der Waals surface area contributed by atoms with E-state index < -0.39 is 0 Å². The van der Waals surface area contributed by atoms with Crippen LogP contribution in [0.2, 0.25) is 0 Å². The van der Waals surface area contributed by atoms with E-state index in [-0.39, 0.29) is 23.6 Å². The minimum atomic E-state index is -0.225. The van der Waals surface area contributed by atoms with E-state index in [0.717, 1.165) is 10.5 Å². The maximum absolute atomic E-state index is 12.2. The van der Waals surface area contributed by atoms with Crippen LogP contribution in [-0.2, 0) is 14.3 Å². The zero-order valence-corrected chi connectivity index (χ0v) is 13.9. The Morgan fingerprint density at radius 3 is 2.91 bits per heavy atom. The second-order valence-electron chi connectivity index (χ2n) is 5.57. The number of methoxy groups -OCH3 is 1. The van der Waals surface area contributed by atoms with Gasteiger partial charge in [0.2, 0.25) is 0 Å². The summed E-state index contributed by atoms with van der Waals surface area (Å²) in [7, 11) is 1.39. The third-order valence-electron chi connectivity index (χ3n) is 3.66. The Morgan fingerprint density at radius 1 is 1.45 bits per heavy atom. The molecule has 0 saturated carbocycles.